The van der Waals surface area contributed by atoms with Crippen LogP contribution in [0.1, 0.15) is 59.8 Å². The lowest BCUT2D eigenvalue weighted by atomic mass is 10.00. The van der Waals surface area contributed by atoms with Crippen molar-refractivity contribution < 1.29 is 0 Å². The van der Waals surface area contributed by atoms with Gasteiger partial charge in [-0.2, -0.15) is 0 Å². The average Bonchev–Trinajstić information content (AvgIpc) is 2.46. The summed E-state index contributed by atoms with van der Waals surface area (Å²) in [5.41, 5.74) is 6.01. The molecule has 1 rings (SSSR count). The topological polar surface area (TPSA) is 29.3 Å². The molecule has 2 N–H and O–H groups in total. The molecule has 1 saturated heterocycles. The second-order valence-corrected chi connectivity index (χ2v) is 5.82. The Balaban J connectivity index is 2.30. The summed E-state index contributed by atoms with van der Waals surface area (Å²) in [6.07, 6.45) is 6.45. The van der Waals surface area contributed by atoms with Crippen LogP contribution < -0.4 is 5.73 Å². The summed E-state index contributed by atoms with van der Waals surface area (Å²) >= 11 is 0. The molecule has 0 saturated carbocycles. The van der Waals surface area contributed by atoms with Crippen LogP contribution in [-0.4, -0.2) is 29.1 Å². The van der Waals surface area contributed by atoms with Crippen molar-refractivity contribution in [3.8, 4) is 0 Å². The second kappa shape index (κ2) is 5.31. The van der Waals surface area contributed by atoms with Crippen molar-refractivity contribution >= 4 is 0 Å². The zero-order valence-corrected chi connectivity index (χ0v) is 10.9. The van der Waals surface area contributed by atoms with Crippen molar-refractivity contribution in [1.82, 2.24) is 4.90 Å². The van der Waals surface area contributed by atoms with Crippen LogP contribution in [0, 0.1) is 0 Å². The molecule has 0 aromatic carbocycles. The molecule has 90 valence electrons. The minimum atomic E-state index is 0.00464. The summed E-state index contributed by atoms with van der Waals surface area (Å²) in [5, 5.41) is 0. The van der Waals surface area contributed by atoms with Gasteiger partial charge in [0.05, 0.1) is 0 Å². The molecule has 0 bridgehead atoms. The number of rotatable bonds is 5. The largest absolute Gasteiger partial charge is 0.326 e. The molecular formula is C13H28N2. The van der Waals surface area contributed by atoms with Gasteiger partial charge < -0.3 is 5.73 Å². The average molecular weight is 212 g/mol. The Kier molecular flexibility index (Phi) is 4.60. The molecule has 0 aromatic rings. The van der Waals surface area contributed by atoms with E-state index < -0.39 is 0 Å². The summed E-state index contributed by atoms with van der Waals surface area (Å²) in [5.74, 6) is 0. The fraction of sp³-hybridized carbons (Fsp3) is 1.00. The summed E-state index contributed by atoms with van der Waals surface area (Å²) in [6, 6.07) is 1.62. The Bertz CT molecular complexity index is 183. The normalized spacial score (nSPS) is 28.6. The van der Waals surface area contributed by atoms with Crippen LogP contribution in [0.2, 0.25) is 0 Å². The van der Waals surface area contributed by atoms with Crippen molar-refractivity contribution in [3.63, 3.8) is 0 Å². The van der Waals surface area contributed by atoms with Crippen LogP contribution in [-0.2, 0) is 0 Å². The van der Waals surface area contributed by atoms with Crippen molar-refractivity contribution in [2.45, 2.75) is 77.4 Å². The van der Waals surface area contributed by atoms with Gasteiger partial charge in [-0.05, 0) is 59.4 Å². The first-order valence-corrected chi connectivity index (χ1v) is 6.48. The van der Waals surface area contributed by atoms with Gasteiger partial charge in [-0.15, -0.1) is 0 Å². The zero-order valence-electron chi connectivity index (χ0n) is 10.9. The van der Waals surface area contributed by atoms with Gasteiger partial charge in [-0.1, -0.05) is 6.92 Å². The first kappa shape index (κ1) is 13.0. The lowest BCUT2D eigenvalue weighted by molar-refractivity contribution is 0.190. The third-order valence-electron chi connectivity index (χ3n) is 3.66. The first-order chi connectivity index (χ1) is 6.94. The minimum Gasteiger partial charge on any atom is -0.326 e. The van der Waals surface area contributed by atoms with E-state index in [0.717, 1.165) is 18.5 Å². The molecule has 1 heterocycles. The molecule has 1 aliphatic rings. The zero-order chi connectivity index (χ0) is 11.5. The highest BCUT2D eigenvalue weighted by molar-refractivity contribution is 4.84. The van der Waals surface area contributed by atoms with Crippen LogP contribution in [0.3, 0.4) is 0 Å². The predicted molar refractivity (Wildman–Crippen MR) is 67.0 cm³/mol. The molecule has 2 heteroatoms. The Morgan fingerprint density at radius 1 is 1.33 bits per heavy atom. The lowest BCUT2D eigenvalue weighted by Gasteiger charge is -2.29. The van der Waals surface area contributed by atoms with Gasteiger partial charge in [0.15, 0.2) is 0 Å². The third-order valence-corrected chi connectivity index (χ3v) is 3.66. The molecule has 0 amide bonds. The van der Waals surface area contributed by atoms with E-state index in [4.69, 9.17) is 5.73 Å². The maximum atomic E-state index is 6.00. The highest BCUT2D eigenvalue weighted by Gasteiger charge is 2.28. The minimum absolute atomic E-state index is 0.00464. The Morgan fingerprint density at radius 2 is 2.00 bits per heavy atom. The van der Waals surface area contributed by atoms with Gasteiger partial charge in [0.1, 0.15) is 0 Å². The summed E-state index contributed by atoms with van der Waals surface area (Å²) in [4.78, 5) is 2.69. The first-order valence-electron chi connectivity index (χ1n) is 6.48. The smallest absolute Gasteiger partial charge is 0.00975 e. The highest BCUT2D eigenvalue weighted by atomic mass is 15.2. The highest BCUT2D eigenvalue weighted by Crippen LogP contribution is 2.26. The molecule has 0 spiro atoms. The van der Waals surface area contributed by atoms with Gasteiger partial charge in [0.2, 0.25) is 0 Å². The van der Waals surface area contributed by atoms with Gasteiger partial charge in [0, 0.05) is 17.6 Å². The fourth-order valence-corrected chi connectivity index (χ4v) is 2.68. The fourth-order valence-electron chi connectivity index (χ4n) is 2.68. The second-order valence-electron chi connectivity index (χ2n) is 5.82. The number of likely N-dealkylation sites (tertiary alicyclic amines) is 1. The molecule has 2 atom stereocenters. The molecule has 0 radical (unpaired) electrons. The molecule has 0 aliphatic carbocycles. The lowest BCUT2D eigenvalue weighted by Crippen LogP contribution is -2.37. The number of nitrogens with two attached hydrogens (primary N) is 1. The molecule has 15 heavy (non-hydrogen) atoms. The van der Waals surface area contributed by atoms with Crippen LogP contribution in [0.4, 0.5) is 0 Å². The van der Waals surface area contributed by atoms with E-state index in [-0.39, 0.29) is 5.54 Å². The van der Waals surface area contributed by atoms with Crippen molar-refractivity contribution in [1.29, 1.82) is 0 Å². The molecule has 1 aliphatic heterocycles. The van der Waals surface area contributed by atoms with E-state index in [2.05, 4.69) is 32.6 Å². The Morgan fingerprint density at radius 3 is 2.53 bits per heavy atom. The van der Waals surface area contributed by atoms with Crippen LogP contribution in [0.15, 0.2) is 0 Å². The van der Waals surface area contributed by atoms with Gasteiger partial charge in [0.25, 0.3) is 0 Å². The quantitative estimate of drug-likeness (QED) is 0.759. The van der Waals surface area contributed by atoms with E-state index in [1.807, 2.05) is 0 Å². The van der Waals surface area contributed by atoms with Gasteiger partial charge in [-0.25, -0.2) is 0 Å². The Labute approximate surface area is 95.2 Å². The molecular weight excluding hydrogens is 184 g/mol. The number of hydrogen-bond donors (Lipinski definition) is 1. The van der Waals surface area contributed by atoms with Crippen LogP contribution in [0.5, 0.6) is 0 Å². The SMILES string of the molecule is CCC1CCC(C)N1CCCC(C)(C)N. The van der Waals surface area contributed by atoms with Crippen molar-refractivity contribution in [2.75, 3.05) is 6.54 Å². The number of hydrogen-bond acceptors (Lipinski definition) is 2. The van der Waals surface area contributed by atoms with E-state index in [1.165, 1.54) is 32.2 Å². The van der Waals surface area contributed by atoms with E-state index in [0.29, 0.717) is 0 Å². The van der Waals surface area contributed by atoms with E-state index >= 15 is 0 Å². The number of nitrogens with zero attached hydrogens (tertiary/aromatic N) is 1. The standard InChI is InChI=1S/C13H28N2/c1-5-12-8-7-11(2)15(12)10-6-9-13(3,4)14/h11-12H,5-10,14H2,1-4H3. The third kappa shape index (κ3) is 4.12. The molecule has 2 nitrogen and oxygen atoms in total. The van der Waals surface area contributed by atoms with Crippen LogP contribution in [0.25, 0.3) is 0 Å². The van der Waals surface area contributed by atoms with Crippen LogP contribution >= 0.6 is 0 Å². The summed E-state index contributed by atoms with van der Waals surface area (Å²) in [7, 11) is 0. The van der Waals surface area contributed by atoms with Crippen molar-refractivity contribution in [2.24, 2.45) is 5.73 Å². The van der Waals surface area contributed by atoms with E-state index in [9.17, 15) is 0 Å². The summed E-state index contributed by atoms with van der Waals surface area (Å²) < 4.78 is 0. The Hall–Kier alpha value is -0.0800. The molecule has 2 unspecified atom stereocenters. The maximum Gasteiger partial charge on any atom is 0.00975 e. The van der Waals surface area contributed by atoms with Crippen molar-refractivity contribution in [3.05, 3.63) is 0 Å². The van der Waals surface area contributed by atoms with E-state index in [1.54, 1.807) is 0 Å². The predicted octanol–water partition coefficient (Wildman–Crippen LogP) is 2.77. The molecule has 0 aromatic heterocycles. The van der Waals surface area contributed by atoms with Gasteiger partial charge in [-0.3, -0.25) is 4.90 Å². The van der Waals surface area contributed by atoms with Gasteiger partial charge >= 0.3 is 0 Å². The maximum absolute atomic E-state index is 6.00. The molecule has 1 fully saturated rings. The summed E-state index contributed by atoms with van der Waals surface area (Å²) in [6.45, 7) is 10.2. The monoisotopic (exact) mass is 212 g/mol.